The predicted octanol–water partition coefficient (Wildman–Crippen LogP) is 2.92. The number of anilines is 1. The minimum absolute atomic E-state index is 0.166. The van der Waals surface area contributed by atoms with Crippen LogP contribution in [0.15, 0.2) is 30.3 Å². The van der Waals surface area contributed by atoms with Crippen molar-refractivity contribution >= 4 is 11.6 Å². The van der Waals surface area contributed by atoms with Crippen molar-refractivity contribution in [1.29, 1.82) is 0 Å². The van der Waals surface area contributed by atoms with E-state index in [1.165, 1.54) is 6.92 Å². The number of nitrogens with two attached hydrogens (primary N) is 1. The fraction of sp³-hybridized carbons (Fsp3) is 0.133. The molecule has 0 unspecified atom stereocenters. The smallest absolute Gasteiger partial charge is 0.252 e. The summed E-state index contributed by atoms with van der Waals surface area (Å²) in [5, 5.41) is 2.51. The molecule has 0 radical (unpaired) electrons. The molecule has 2 aromatic rings. The lowest BCUT2D eigenvalue weighted by Gasteiger charge is -2.09. The van der Waals surface area contributed by atoms with E-state index in [9.17, 15) is 18.0 Å². The normalized spacial score (nSPS) is 10.5. The van der Waals surface area contributed by atoms with E-state index in [0.717, 1.165) is 5.56 Å². The molecule has 0 bridgehead atoms. The van der Waals surface area contributed by atoms with Crippen LogP contribution in [0.2, 0.25) is 0 Å². The van der Waals surface area contributed by atoms with Crippen LogP contribution in [-0.4, -0.2) is 5.91 Å². The van der Waals surface area contributed by atoms with Crippen molar-refractivity contribution in [3.63, 3.8) is 0 Å². The molecule has 0 aliphatic rings. The molecule has 6 heteroatoms. The van der Waals surface area contributed by atoms with Gasteiger partial charge in [0, 0.05) is 23.4 Å². The van der Waals surface area contributed by atoms with Gasteiger partial charge >= 0.3 is 0 Å². The summed E-state index contributed by atoms with van der Waals surface area (Å²) >= 11 is 0. The summed E-state index contributed by atoms with van der Waals surface area (Å²) in [7, 11) is 0. The number of carbonyl (C=O) groups is 1. The van der Waals surface area contributed by atoms with E-state index in [0.29, 0.717) is 11.8 Å². The molecule has 0 spiro atoms. The molecular formula is C15H13F3N2O. The summed E-state index contributed by atoms with van der Waals surface area (Å²) in [6.45, 7) is 1.38. The van der Waals surface area contributed by atoms with E-state index in [1.54, 1.807) is 24.3 Å². The fourth-order valence-corrected chi connectivity index (χ4v) is 1.83. The van der Waals surface area contributed by atoms with Crippen LogP contribution in [0, 0.1) is 24.4 Å². The van der Waals surface area contributed by atoms with Gasteiger partial charge in [0.2, 0.25) is 0 Å². The van der Waals surface area contributed by atoms with Crippen LogP contribution < -0.4 is 11.1 Å². The molecule has 0 aliphatic heterocycles. The summed E-state index contributed by atoms with van der Waals surface area (Å²) in [4.78, 5) is 11.9. The number of rotatable bonds is 3. The third-order valence-corrected chi connectivity index (χ3v) is 3.08. The van der Waals surface area contributed by atoms with Gasteiger partial charge in [-0.1, -0.05) is 12.1 Å². The Morgan fingerprint density at radius 1 is 1.14 bits per heavy atom. The van der Waals surface area contributed by atoms with Gasteiger partial charge in [-0.15, -0.1) is 0 Å². The van der Waals surface area contributed by atoms with Crippen LogP contribution in [0.5, 0.6) is 0 Å². The summed E-state index contributed by atoms with van der Waals surface area (Å²) in [6.07, 6.45) is 0. The number of amides is 1. The number of halogens is 3. The summed E-state index contributed by atoms with van der Waals surface area (Å²) in [5.74, 6) is -5.01. The van der Waals surface area contributed by atoms with Crippen molar-refractivity contribution in [2.45, 2.75) is 13.5 Å². The van der Waals surface area contributed by atoms with Gasteiger partial charge in [0.05, 0.1) is 0 Å². The Morgan fingerprint density at radius 3 is 2.38 bits per heavy atom. The number of carbonyl (C=O) groups excluding carboxylic acids is 1. The Labute approximate surface area is 119 Å². The number of nitrogen functional groups attached to an aromatic ring is 1. The first-order valence-corrected chi connectivity index (χ1v) is 6.17. The highest BCUT2D eigenvalue weighted by Crippen LogP contribution is 2.19. The molecule has 0 aliphatic carbocycles. The van der Waals surface area contributed by atoms with E-state index in [4.69, 9.17) is 5.73 Å². The Balaban J connectivity index is 2.16. The van der Waals surface area contributed by atoms with Gasteiger partial charge in [-0.3, -0.25) is 4.79 Å². The highest BCUT2D eigenvalue weighted by atomic mass is 19.2. The lowest BCUT2D eigenvalue weighted by atomic mass is 10.1. The van der Waals surface area contributed by atoms with E-state index in [2.05, 4.69) is 5.32 Å². The van der Waals surface area contributed by atoms with Crippen LogP contribution in [0.4, 0.5) is 18.9 Å². The molecule has 110 valence electrons. The maximum atomic E-state index is 13.4. The van der Waals surface area contributed by atoms with E-state index < -0.39 is 23.4 Å². The highest BCUT2D eigenvalue weighted by molar-refractivity contribution is 5.95. The minimum Gasteiger partial charge on any atom is -0.399 e. The topological polar surface area (TPSA) is 55.1 Å². The Kier molecular flexibility index (Phi) is 4.16. The maximum absolute atomic E-state index is 13.4. The second-order valence-corrected chi connectivity index (χ2v) is 4.58. The average Bonchev–Trinajstić information content (AvgIpc) is 2.48. The standard InChI is InChI=1S/C15H13F3N2O/c1-8-11(6-12(16)14(18)13(8)17)15(21)20-7-9-2-4-10(19)5-3-9/h2-6H,7,19H2,1H3,(H,20,21). The first-order chi connectivity index (χ1) is 9.90. The van der Waals surface area contributed by atoms with Crippen molar-refractivity contribution < 1.29 is 18.0 Å². The molecule has 0 fully saturated rings. The second kappa shape index (κ2) is 5.87. The van der Waals surface area contributed by atoms with Gasteiger partial charge in [-0.2, -0.15) is 0 Å². The summed E-state index contributed by atoms with van der Waals surface area (Å²) < 4.78 is 39.6. The zero-order valence-corrected chi connectivity index (χ0v) is 11.2. The van der Waals surface area contributed by atoms with Crippen LogP contribution in [0.1, 0.15) is 21.5 Å². The first-order valence-electron chi connectivity index (χ1n) is 6.17. The third-order valence-electron chi connectivity index (χ3n) is 3.08. The lowest BCUT2D eigenvalue weighted by molar-refractivity contribution is 0.0949. The van der Waals surface area contributed by atoms with Gasteiger partial charge < -0.3 is 11.1 Å². The third kappa shape index (κ3) is 3.16. The molecule has 1 amide bonds. The molecule has 21 heavy (non-hydrogen) atoms. The Hall–Kier alpha value is -2.50. The van der Waals surface area contributed by atoms with Crippen LogP contribution >= 0.6 is 0 Å². The summed E-state index contributed by atoms with van der Waals surface area (Å²) in [5.41, 5.74) is 6.43. The fourth-order valence-electron chi connectivity index (χ4n) is 1.83. The van der Waals surface area contributed by atoms with Crippen LogP contribution in [0.25, 0.3) is 0 Å². The molecule has 0 aromatic heterocycles. The van der Waals surface area contributed by atoms with Crippen molar-refractivity contribution in [2.24, 2.45) is 0 Å². The quantitative estimate of drug-likeness (QED) is 0.675. The molecule has 0 atom stereocenters. The maximum Gasteiger partial charge on any atom is 0.252 e. The molecule has 0 saturated carbocycles. The minimum atomic E-state index is -1.58. The van der Waals surface area contributed by atoms with E-state index in [1.807, 2.05) is 0 Å². The average molecular weight is 294 g/mol. The molecule has 2 aromatic carbocycles. The lowest BCUT2D eigenvalue weighted by Crippen LogP contribution is -2.24. The zero-order valence-electron chi connectivity index (χ0n) is 11.2. The van der Waals surface area contributed by atoms with Crippen molar-refractivity contribution in [1.82, 2.24) is 5.32 Å². The zero-order chi connectivity index (χ0) is 15.6. The second-order valence-electron chi connectivity index (χ2n) is 4.58. The molecule has 3 N–H and O–H groups in total. The van der Waals surface area contributed by atoms with Crippen molar-refractivity contribution in [3.05, 3.63) is 64.5 Å². The van der Waals surface area contributed by atoms with E-state index >= 15 is 0 Å². The molecule has 0 saturated heterocycles. The van der Waals surface area contributed by atoms with Gasteiger partial charge in [0.15, 0.2) is 17.5 Å². The largest absolute Gasteiger partial charge is 0.399 e. The van der Waals surface area contributed by atoms with E-state index in [-0.39, 0.29) is 17.7 Å². The Bertz CT molecular complexity index is 684. The van der Waals surface area contributed by atoms with Gasteiger partial charge in [0.25, 0.3) is 5.91 Å². The molecule has 0 heterocycles. The summed E-state index contributed by atoms with van der Waals surface area (Å²) in [6, 6.07) is 7.46. The monoisotopic (exact) mass is 294 g/mol. The molecule has 3 nitrogen and oxygen atoms in total. The van der Waals surface area contributed by atoms with Gasteiger partial charge in [-0.25, -0.2) is 13.2 Å². The number of benzene rings is 2. The molecule has 2 rings (SSSR count). The van der Waals surface area contributed by atoms with Gasteiger partial charge in [0.1, 0.15) is 0 Å². The first kappa shape index (κ1) is 14.9. The van der Waals surface area contributed by atoms with Gasteiger partial charge in [-0.05, 0) is 30.7 Å². The highest BCUT2D eigenvalue weighted by Gasteiger charge is 2.19. The predicted molar refractivity (Wildman–Crippen MR) is 73.1 cm³/mol. The number of hydrogen-bond donors (Lipinski definition) is 2. The Morgan fingerprint density at radius 2 is 1.76 bits per heavy atom. The SMILES string of the molecule is Cc1c(C(=O)NCc2ccc(N)cc2)cc(F)c(F)c1F. The number of hydrogen-bond acceptors (Lipinski definition) is 2. The molecular weight excluding hydrogens is 281 g/mol. The van der Waals surface area contributed by atoms with Crippen LogP contribution in [0.3, 0.4) is 0 Å². The van der Waals surface area contributed by atoms with Crippen molar-refractivity contribution in [2.75, 3.05) is 5.73 Å². The van der Waals surface area contributed by atoms with Crippen LogP contribution in [-0.2, 0) is 6.54 Å². The van der Waals surface area contributed by atoms with Crippen molar-refractivity contribution in [3.8, 4) is 0 Å². The number of nitrogens with one attached hydrogen (secondary N) is 1.